The van der Waals surface area contributed by atoms with Gasteiger partial charge in [0, 0.05) is 18.6 Å². The monoisotopic (exact) mass is 362 g/mol. The van der Waals surface area contributed by atoms with Crippen LogP contribution in [0.5, 0.6) is 0 Å². The van der Waals surface area contributed by atoms with Crippen LogP contribution in [0.25, 0.3) is 10.9 Å². The first-order chi connectivity index (χ1) is 13.0. The average Bonchev–Trinajstić information content (AvgIpc) is 3.22. The number of fused-ring (bicyclic) bond motifs is 1. The summed E-state index contributed by atoms with van der Waals surface area (Å²) in [4.78, 5) is 12.6. The summed E-state index contributed by atoms with van der Waals surface area (Å²) in [6.45, 7) is 2.67. The van der Waals surface area contributed by atoms with Crippen LogP contribution in [-0.2, 0) is 13.6 Å². The van der Waals surface area contributed by atoms with Crippen molar-refractivity contribution in [3.63, 3.8) is 0 Å². The van der Waals surface area contributed by atoms with Gasteiger partial charge in [-0.05, 0) is 30.7 Å². The zero-order valence-electron chi connectivity index (χ0n) is 15.1. The molecule has 1 N–H and O–H groups in total. The fourth-order valence-corrected chi connectivity index (χ4v) is 3.13. The number of benzene rings is 2. The third kappa shape index (κ3) is 3.33. The third-order valence-electron chi connectivity index (χ3n) is 4.62. The highest BCUT2D eigenvalue weighted by Crippen LogP contribution is 2.22. The van der Waals surface area contributed by atoms with E-state index in [2.05, 4.69) is 34.7 Å². The fraction of sp³-hybridized carbons (Fsp3) is 0.143. The molecular weight excluding hydrogens is 343 g/mol. The van der Waals surface area contributed by atoms with E-state index >= 15 is 0 Å². The smallest absolute Gasteiger partial charge is 0.272 e. The van der Waals surface area contributed by atoms with Crippen LogP contribution < -0.4 is 5.32 Å². The lowest BCUT2D eigenvalue weighted by Gasteiger charge is -2.05. The van der Waals surface area contributed by atoms with Gasteiger partial charge in [-0.3, -0.25) is 9.48 Å². The van der Waals surface area contributed by atoms with E-state index in [9.17, 15) is 9.18 Å². The number of rotatable bonds is 4. The lowest BCUT2D eigenvalue weighted by Crippen LogP contribution is -2.15. The Morgan fingerprint density at radius 3 is 2.70 bits per heavy atom. The number of aryl methyl sites for hydroxylation is 2. The minimum Gasteiger partial charge on any atom is -0.340 e. The summed E-state index contributed by atoms with van der Waals surface area (Å²) in [5.41, 5.74) is 4.00. The number of nitrogens with one attached hydrogen (secondary N) is 1. The van der Waals surface area contributed by atoms with Crippen LogP contribution in [0.3, 0.4) is 0 Å². The highest BCUT2D eigenvalue weighted by Gasteiger charge is 2.16. The van der Waals surface area contributed by atoms with Crippen LogP contribution in [0.15, 0.2) is 60.9 Å². The van der Waals surface area contributed by atoms with Crippen LogP contribution in [0, 0.1) is 12.7 Å². The summed E-state index contributed by atoms with van der Waals surface area (Å²) in [7, 11) is 1.75. The molecule has 136 valence electrons. The maximum Gasteiger partial charge on any atom is 0.272 e. The van der Waals surface area contributed by atoms with Gasteiger partial charge in [0.15, 0.2) is 0 Å². The van der Waals surface area contributed by atoms with E-state index in [1.807, 2.05) is 6.92 Å². The number of carbonyl (C=O) groups excluding carboxylic acids is 1. The Balaban J connectivity index is 1.52. The van der Waals surface area contributed by atoms with Gasteiger partial charge in [0.25, 0.3) is 5.91 Å². The molecule has 6 heteroatoms. The van der Waals surface area contributed by atoms with E-state index in [1.165, 1.54) is 11.6 Å². The van der Waals surface area contributed by atoms with Gasteiger partial charge in [0.05, 0.1) is 23.9 Å². The molecule has 0 bridgehead atoms. The van der Waals surface area contributed by atoms with Crippen molar-refractivity contribution in [3.8, 4) is 0 Å². The molecule has 0 saturated heterocycles. The number of aromatic nitrogens is 3. The summed E-state index contributed by atoms with van der Waals surface area (Å²) in [6, 6.07) is 14.6. The second-order valence-electron chi connectivity index (χ2n) is 6.63. The van der Waals surface area contributed by atoms with Crippen LogP contribution in [-0.4, -0.2) is 20.3 Å². The number of hydrogen-bond donors (Lipinski definition) is 1. The normalized spacial score (nSPS) is 11.1. The second kappa shape index (κ2) is 6.72. The van der Waals surface area contributed by atoms with Crippen molar-refractivity contribution in [3.05, 3.63) is 83.6 Å². The van der Waals surface area contributed by atoms with E-state index in [0.717, 1.165) is 5.56 Å². The number of amides is 1. The van der Waals surface area contributed by atoms with Gasteiger partial charge in [-0.2, -0.15) is 5.10 Å². The van der Waals surface area contributed by atoms with E-state index in [1.54, 1.807) is 46.9 Å². The first kappa shape index (κ1) is 17.0. The molecule has 0 aliphatic carbocycles. The van der Waals surface area contributed by atoms with Crippen molar-refractivity contribution in [2.45, 2.75) is 13.5 Å². The molecule has 0 atom stereocenters. The predicted octanol–water partition coefficient (Wildman–Crippen LogP) is 4.12. The minimum atomic E-state index is -0.340. The summed E-state index contributed by atoms with van der Waals surface area (Å²) < 4.78 is 17.4. The molecule has 27 heavy (non-hydrogen) atoms. The van der Waals surface area contributed by atoms with Gasteiger partial charge in [0.2, 0.25) is 0 Å². The molecule has 1 amide bonds. The predicted molar refractivity (Wildman–Crippen MR) is 103 cm³/mol. The Hall–Kier alpha value is -3.41. The van der Waals surface area contributed by atoms with Crippen LogP contribution >= 0.6 is 0 Å². The molecule has 4 rings (SSSR count). The van der Waals surface area contributed by atoms with E-state index in [-0.39, 0.29) is 11.7 Å². The van der Waals surface area contributed by atoms with E-state index in [0.29, 0.717) is 28.8 Å². The molecule has 5 nitrogen and oxygen atoms in total. The van der Waals surface area contributed by atoms with Crippen LogP contribution in [0.4, 0.5) is 10.1 Å². The van der Waals surface area contributed by atoms with E-state index in [4.69, 9.17) is 0 Å². The van der Waals surface area contributed by atoms with Crippen molar-refractivity contribution in [2.75, 3.05) is 5.32 Å². The summed E-state index contributed by atoms with van der Waals surface area (Å²) in [5, 5.41) is 7.56. The molecule has 0 aliphatic heterocycles. The molecule has 0 aliphatic rings. The first-order valence-corrected chi connectivity index (χ1v) is 8.64. The van der Waals surface area contributed by atoms with Gasteiger partial charge >= 0.3 is 0 Å². The largest absolute Gasteiger partial charge is 0.340 e. The number of hydrogen-bond acceptors (Lipinski definition) is 2. The lowest BCUT2D eigenvalue weighted by atomic mass is 10.1. The molecule has 4 aromatic rings. The van der Waals surface area contributed by atoms with Gasteiger partial charge in [-0.15, -0.1) is 0 Å². The number of nitrogens with zero attached hydrogens (tertiary/aromatic N) is 3. The molecule has 0 fully saturated rings. The van der Waals surface area contributed by atoms with E-state index < -0.39 is 0 Å². The second-order valence-corrected chi connectivity index (χ2v) is 6.63. The molecule has 2 heterocycles. The van der Waals surface area contributed by atoms with Crippen molar-refractivity contribution in [2.24, 2.45) is 7.05 Å². The molecular formula is C21H19FN4O. The topological polar surface area (TPSA) is 51.9 Å². The van der Waals surface area contributed by atoms with Gasteiger partial charge in [-0.1, -0.05) is 35.9 Å². The molecule has 0 unspecified atom stereocenters. The lowest BCUT2D eigenvalue weighted by molar-refractivity contribution is 0.101. The summed E-state index contributed by atoms with van der Waals surface area (Å²) >= 11 is 0. The highest BCUT2D eigenvalue weighted by molar-refractivity contribution is 6.06. The Bertz CT molecular complexity index is 1130. The number of anilines is 1. The average molecular weight is 362 g/mol. The standard InChI is InChI=1S/C21H19FN4O/c1-14-6-8-15(9-7-14)12-26-13-16(11-23-26)24-21(27)20-10-17-18(22)4-3-5-19(17)25(20)2/h3-11,13H,12H2,1-2H3,(H,24,27). The minimum absolute atomic E-state index is 0.303. The Labute approximate surface area is 156 Å². The van der Waals surface area contributed by atoms with Crippen molar-refractivity contribution in [1.29, 1.82) is 0 Å². The summed E-state index contributed by atoms with van der Waals surface area (Å²) in [6.07, 6.45) is 3.39. The maximum absolute atomic E-state index is 13.9. The Morgan fingerprint density at radius 2 is 1.96 bits per heavy atom. The highest BCUT2D eigenvalue weighted by atomic mass is 19.1. The Morgan fingerprint density at radius 1 is 1.19 bits per heavy atom. The van der Waals surface area contributed by atoms with Gasteiger partial charge < -0.3 is 9.88 Å². The van der Waals surface area contributed by atoms with Crippen molar-refractivity contribution >= 4 is 22.5 Å². The van der Waals surface area contributed by atoms with Crippen LogP contribution in [0.1, 0.15) is 21.6 Å². The number of halogens is 1. The molecule has 2 aromatic carbocycles. The molecule has 2 aromatic heterocycles. The first-order valence-electron chi connectivity index (χ1n) is 8.64. The SMILES string of the molecule is Cc1ccc(Cn2cc(NC(=O)c3cc4c(F)cccc4n3C)cn2)cc1. The number of carbonyl (C=O) groups is 1. The van der Waals surface area contributed by atoms with Gasteiger partial charge in [-0.25, -0.2) is 4.39 Å². The fourth-order valence-electron chi connectivity index (χ4n) is 3.13. The molecule has 0 saturated carbocycles. The third-order valence-corrected chi connectivity index (χ3v) is 4.62. The zero-order chi connectivity index (χ0) is 19.0. The Kier molecular flexibility index (Phi) is 4.24. The molecule has 0 spiro atoms. The van der Waals surface area contributed by atoms with Gasteiger partial charge in [0.1, 0.15) is 11.5 Å². The maximum atomic E-state index is 13.9. The quantitative estimate of drug-likeness (QED) is 0.594. The molecule has 0 radical (unpaired) electrons. The zero-order valence-corrected chi connectivity index (χ0v) is 15.1. The van der Waals surface area contributed by atoms with Crippen molar-refractivity contribution in [1.82, 2.24) is 14.3 Å². The van der Waals surface area contributed by atoms with Crippen molar-refractivity contribution < 1.29 is 9.18 Å². The van der Waals surface area contributed by atoms with Crippen LogP contribution in [0.2, 0.25) is 0 Å². The summed E-state index contributed by atoms with van der Waals surface area (Å²) in [5.74, 6) is -0.643.